The van der Waals surface area contributed by atoms with Crippen molar-refractivity contribution in [1.82, 2.24) is 14.8 Å². The summed E-state index contributed by atoms with van der Waals surface area (Å²) in [4.78, 5) is 12.4. The first-order chi connectivity index (χ1) is 12.4. The number of thioether (sulfide) groups is 1. The molecule has 2 aromatic rings. The lowest BCUT2D eigenvalue weighted by Crippen LogP contribution is -2.12. The predicted octanol–water partition coefficient (Wildman–Crippen LogP) is 2.65. The molecule has 0 spiro atoms. The number of benzene rings is 1. The van der Waals surface area contributed by atoms with Crippen LogP contribution >= 0.6 is 11.8 Å². The molecule has 1 aliphatic heterocycles. The van der Waals surface area contributed by atoms with Gasteiger partial charge in [0.15, 0.2) is 20.8 Å². The molecule has 0 unspecified atom stereocenters. The molecule has 0 bridgehead atoms. The molecule has 0 amide bonds. The van der Waals surface area contributed by atoms with Gasteiger partial charge in [-0.15, -0.1) is 16.8 Å². The summed E-state index contributed by atoms with van der Waals surface area (Å²) in [7, 11) is -3.00. The van der Waals surface area contributed by atoms with Gasteiger partial charge in [0.25, 0.3) is 0 Å². The molecule has 1 saturated heterocycles. The van der Waals surface area contributed by atoms with Crippen LogP contribution in [0.4, 0.5) is 0 Å². The summed E-state index contributed by atoms with van der Waals surface area (Å²) in [6.07, 6.45) is 2.28. The van der Waals surface area contributed by atoms with Crippen LogP contribution in [0, 0.1) is 6.92 Å². The van der Waals surface area contributed by atoms with Crippen molar-refractivity contribution in [2.24, 2.45) is 0 Å². The molecule has 0 aliphatic carbocycles. The number of Topliss-reactive ketones (excluding diaryl/α,β-unsaturated/α-hetero) is 1. The number of sulfone groups is 1. The van der Waals surface area contributed by atoms with Gasteiger partial charge in [-0.3, -0.25) is 4.79 Å². The fourth-order valence-corrected chi connectivity index (χ4v) is 5.55. The molecule has 0 radical (unpaired) electrons. The van der Waals surface area contributed by atoms with E-state index in [1.165, 1.54) is 11.8 Å². The Morgan fingerprint density at radius 1 is 1.35 bits per heavy atom. The lowest BCUT2D eigenvalue weighted by Gasteiger charge is -2.11. The SMILES string of the molecule is C=CCn1c(SCC(=O)c2ccc(C)cc2)nnc1[C@H]1CCS(=O)(=O)C1. The average Bonchev–Trinajstić information content (AvgIpc) is 3.16. The normalized spacial score (nSPS) is 18.7. The number of rotatable bonds is 7. The van der Waals surface area contributed by atoms with Gasteiger partial charge in [0.1, 0.15) is 5.82 Å². The molecule has 1 fully saturated rings. The zero-order chi connectivity index (χ0) is 18.7. The van der Waals surface area contributed by atoms with E-state index < -0.39 is 9.84 Å². The van der Waals surface area contributed by atoms with Crippen molar-refractivity contribution < 1.29 is 13.2 Å². The largest absolute Gasteiger partial charge is 0.302 e. The van der Waals surface area contributed by atoms with E-state index in [0.717, 1.165) is 5.56 Å². The van der Waals surface area contributed by atoms with Crippen LogP contribution in [0.3, 0.4) is 0 Å². The van der Waals surface area contributed by atoms with Crippen LogP contribution < -0.4 is 0 Å². The van der Waals surface area contributed by atoms with Gasteiger partial charge in [0, 0.05) is 18.0 Å². The second-order valence-corrected chi connectivity index (χ2v) is 9.59. The van der Waals surface area contributed by atoms with Crippen molar-refractivity contribution in [3.05, 3.63) is 53.9 Å². The van der Waals surface area contributed by atoms with E-state index >= 15 is 0 Å². The first kappa shape index (κ1) is 18.8. The summed E-state index contributed by atoms with van der Waals surface area (Å²) in [6, 6.07) is 7.47. The van der Waals surface area contributed by atoms with Crippen molar-refractivity contribution in [3.63, 3.8) is 0 Å². The smallest absolute Gasteiger partial charge is 0.191 e. The maximum Gasteiger partial charge on any atom is 0.191 e. The highest BCUT2D eigenvalue weighted by Crippen LogP contribution is 2.30. The van der Waals surface area contributed by atoms with Crippen molar-refractivity contribution in [3.8, 4) is 0 Å². The summed E-state index contributed by atoms with van der Waals surface area (Å²) in [5.41, 5.74) is 1.77. The standard InChI is InChI=1S/C18H21N3O3S2/c1-3-9-21-17(15-8-10-26(23,24)12-15)19-20-18(21)25-11-16(22)14-6-4-13(2)5-7-14/h3-7,15H,1,8-12H2,2H3/t15-/m0/s1. The van der Waals surface area contributed by atoms with E-state index in [1.54, 1.807) is 6.08 Å². The molecule has 8 heteroatoms. The third-order valence-corrected chi connectivity index (χ3v) is 7.10. The second-order valence-electron chi connectivity index (χ2n) is 6.42. The fraction of sp³-hybridized carbons (Fsp3) is 0.389. The number of hydrogen-bond acceptors (Lipinski definition) is 6. The predicted molar refractivity (Wildman–Crippen MR) is 102 cm³/mol. The Hall–Kier alpha value is -1.93. The highest BCUT2D eigenvalue weighted by Gasteiger charge is 2.33. The molecule has 1 atom stereocenters. The minimum Gasteiger partial charge on any atom is -0.302 e. The fourth-order valence-electron chi connectivity index (χ4n) is 2.96. The van der Waals surface area contributed by atoms with Gasteiger partial charge < -0.3 is 4.57 Å². The van der Waals surface area contributed by atoms with E-state index in [9.17, 15) is 13.2 Å². The maximum atomic E-state index is 12.4. The minimum absolute atomic E-state index is 0.0214. The average molecular weight is 392 g/mol. The van der Waals surface area contributed by atoms with Crippen LogP contribution in [-0.2, 0) is 16.4 Å². The molecule has 3 rings (SSSR count). The van der Waals surface area contributed by atoms with E-state index in [-0.39, 0.29) is 29.0 Å². The lowest BCUT2D eigenvalue weighted by atomic mass is 10.1. The molecule has 2 heterocycles. The Kier molecular flexibility index (Phi) is 5.62. The summed E-state index contributed by atoms with van der Waals surface area (Å²) < 4.78 is 25.4. The molecule has 1 aromatic carbocycles. The monoisotopic (exact) mass is 391 g/mol. The van der Waals surface area contributed by atoms with Crippen LogP contribution in [0.1, 0.15) is 34.1 Å². The topological polar surface area (TPSA) is 81.9 Å². The molecule has 138 valence electrons. The van der Waals surface area contributed by atoms with E-state index in [0.29, 0.717) is 29.5 Å². The molecule has 0 saturated carbocycles. The number of allylic oxidation sites excluding steroid dienone is 1. The number of aryl methyl sites for hydroxylation is 1. The maximum absolute atomic E-state index is 12.4. The number of nitrogens with zero attached hydrogens (tertiary/aromatic N) is 3. The van der Waals surface area contributed by atoms with Gasteiger partial charge in [0.2, 0.25) is 0 Å². The summed E-state index contributed by atoms with van der Waals surface area (Å²) in [6.45, 7) is 6.22. The molecule has 26 heavy (non-hydrogen) atoms. The third-order valence-electron chi connectivity index (χ3n) is 4.36. The van der Waals surface area contributed by atoms with E-state index in [1.807, 2.05) is 35.8 Å². The van der Waals surface area contributed by atoms with Gasteiger partial charge in [-0.2, -0.15) is 0 Å². The number of carbonyl (C=O) groups is 1. The Morgan fingerprint density at radius 3 is 2.69 bits per heavy atom. The zero-order valence-electron chi connectivity index (χ0n) is 14.6. The van der Waals surface area contributed by atoms with E-state index in [4.69, 9.17) is 0 Å². The third kappa shape index (κ3) is 4.24. The molecule has 0 N–H and O–H groups in total. The molecule has 6 nitrogen and oxygen atoms in total. The van der Waals surface area contributed by atoms with Crippen LogP contribution in [0.15, 0.2) is 42.1 Å². The Labute approximate surface area is 157 Å². The van der Waals surface area contributed by atoms with Crippen LogP contribution in [0.25, 0.3) is 0 Å². The number of hydrogen-bond donors (Lipinski definition) is 0. The van der Waals surface area contributed by atoms with Crippen molar-refractivity contribution in [2.75, 3.05) is 17.3 Å². The number of aromatic nitrogens is 3. The van der Waals surface area contributed by atoms with Gasteiger partial charge in [-0.05, 0) is 13.3 Å². The van der Waals surface area contributed by atoms with Crippen LogP contribution in [0.2, 0.25) is 0 Å². The van der Waals surface area contributed by atoms with Gasteiger partial charge in [-0.1, -0.05) is 47.7 Å². The Balaban J connectivity index is 1.74. The molecular weight excluding hydrogens is 370 g/mol. The van der Waals surface area contributed by atoms with Crippen molar-refractivity contribution in [1.29, 1.82) is 0 Å². The number of ketones is 1. The van der Waals surface area contributed by atoms with Crippen molar-refractivity contribution in [2.45, 2.75) is 31.0 Å². The highest BCUT2D eigenvalue weighted by molar-refractivity contribution is 7.99. The molecular formula is C18H21N3O3S2. The minimum atomic E-state index is -3.00. The lowest BCUT2D eigenvalue weighted by molar-refractivity contribution is 0.102. The highest BCUT2D eigenvalue weighted by atomic mass is 32.2. The van der Waals surface area contributed by atoms with Crippen LogP contribution in [0.5, 0.6) is 0 Å². The quantitative estimate of drug-likeness (QED) is 0.410. The molecule has 1 aromatic heterocycles. The summed E-state index contributed by atoms with van der Waals surface area (Å²) in [5.74, 6) is 1.09. The van der Waals surface area contributed by atoms with Gasteiger partial charge >= 0.3 is 0 Å². The van der Waals surface area contributed by atoms with Gasteiger partial charge in [-0.25, -0.2) is 8.42 Å². The first-order valence-electron chi connectivity index (χ1n) is 8.36. The number of carbonyl (C=O) groups excluding carboxylic acids is 1. The first-order valence-corrected chi connectivity index (χ1v) is 11.2. The van der Waals surface area contributed by atoms with Crippen molar-refractivity contribution >= 4 is 27.4 Å². The molecule has 1 aliphatic rings. The Bertz CT molecular complexity index is 918. The zero-order valence-corrected chi connectivity index (χ0v) is 16.2. The Morgan fingerprint density at radius 2 is 2.08 bits per heavy atom. The second kappa shape index (κ2) is 7.75. The van der Waals surface area contributed by atoms with Gasteiger partial charge in [0.05, 0.1) is 17.3 Å². The summed E-state index contributed by atoms with van der Waals surface area (Å²) in [5, 5.41) is 9.02. The van der Waals surface area contributed by atoms with Crippen LogP contribution in [-0.4, -0.2) is 46.2 Å². The van der Waals surface area contributed by atoms with E-state index in [2.05, 4.69) is 16.8 Å². The summed E-state index contributed by atoms with van der Waals surface area (Å²) >= 11 is 1.32.